The largest absolute Gasteiger partial charge is 0.368 e. The van der Waals surface area contributed by atoms with Gasteiger partial charge in [-0.3, -0.25) is 4.48 Å². The second-order valence-electron chi connectivity index (χ2n) is 7.25. The van der Waals surface area contributed by atoms with E-state index in [1.807, 2.05) is 6.07 Å². The molecule has 2 fully saturated rings. The van der Waals surface area contributed by atoms with E-state index in [9.17, 15) is 0 Å². The van der Waals surface area contributed by atoms with Crippen LogP contribution in [0.25, 0.3) is 5.70 Å². The van der Waals surface area contributed by atoms with Crippen LogP contribution in [0.5, 0.6) is 0 Å². The smallest absolute Gasteiger partial charge is 0.222 e. The third kappa shape index (κ3) is 2.78. The number of anilines is 2. The molecule has 2 N–H and O–H groups in total. The second-order valence-corrected chi connectivity index (χ2v) is 7.25. The van der Waals surface area contributed by atoms with E-state index in [0.29, 0.717) is 5.95 Å². The Labute approximate surface area is 143 Å². The number of likely N-dealkylation sites (N-methyl/N-ethyl adjacent to an activating group) is 1. The number of rotatable bonds is 2. The minimum Gasteiger partial charge on any atom is -0.368 e. The molecule has 128 valence electrons. The highest BCUT2D eigenvalue weighted by Gasteiger charge is 2.37. The molecule has 24 heavy (non-hydrogen) atoms. The maximum Gasteiger partial charge on any atom is 0.222 e. The molecule has 1 atom stereocenters. The third-order valence-electron chi connectivity index (χ3n) is 5.34. The van der Waals surface area contributed by atoms with Crippen LogP contribution in [0, 0.1) is 0 Å². The van der Waals surface area contributed by atoms with Crippen LogP contribution in [0.4, 0.5) is 11.8 Å². The quantitative estimate of drug-likeness (QED) is 0.825. The molecular weight excluding hydrogens is 302 g/mol. The SMILES string of the molecule is CN1CCN(c2cc(C3=C[N+]4(C)CCCCC4=N3)nc(N)n2)CC1. The van der Waals surface area contributed by atoms with Gasteiger partial charge in [-0.25, -0.2) is 4.98 Å². The van der Waals surface area contributed by atoms with Crippen LogP contribution in [0.3, 0.4) is 0 Å². The van der Waals surface area contributed by atoms with Crippen molar-refractivity contribution in [2.75, 3.05) is 57.5 Å². The van der Waals surface area contributed by atoms with Crippen LogP contribution in [-0.4, -0.2) is 72.0 Å². The topological polar surface area (TPSA) is 70.6 Å². The number of hydrogen-bond donors (Lipinski definition) is 1. The zero-order chi connectivity index (χ0) is 16.7. The standard InChI is InChI=1S/C17H26N7/c1-22-6-8-23(9-7-22)15-11-13(20-17(18)21-15)14-12-24(2)10-4-3-5-16(24)19-14/h11-12H,3-10H2,1-2H3,(H2,18,20,21)/q+1. The lowest BCUT2D eigenvalue weighted by molar-refractivity contribution is -0.768. The number of aromatic nitrogens is 2. The summed E-state index contributed by atoms with van der Waals surface area (Å²) in [5, 5.41) is 0. The lowest BCUT2D eigenvalue weighted by atomic mass is 10.1. The highest BCUT2D eigenvalue weighted by molar-refractivity contribution is 5.87. The Morgan fingerprint density at radius 3 is 2.67 bits per heavy atom. The lowest BCUT2D eigenvalue weighted by Crippen LogP contribution is -2.45. The van der Waals surface area contributed by atoms with Gasteiger partial charge in [0.25, 0.3) is 0 Å². The first-order valence-corrected chi connectivity index (χ1v) is 8.78. The summed E-state index contributed by atoms with van der Waals surface area (Å²) in [5.41, 5.74) is 7.79. The number of nitrogens with zero attached hydrogens (tertiary/aromatic N) is 6. The Balaban J connectivity index is 1.65. The number of nitrogen functional groups attached to an aromatic ring is 1. The van der Waals surface area contributed by atoms with Gasteiger partial charge in [-0.05, 0) is 19.9 Å². The van der Waals surface area contributed by atoms with Gasteiger partial charge in [0.1, 0.15) is 23.4 Å². The summed E-state index contributed by atoms with van der Waals surface area (Å²) >= 11 is 0. The number of amidine groups is 1. The Bertz CT molecular complexity index is 703. The van der Waals surface area contributed by atoms with E-state index in [-0.39, 0.29) is 0 Å². The maximum atomic E-state index is 6.00. The van der Waals surface area contributed by atoms with Gasteiger partial charge >= 0.3 is 0 Å². The summed E-state index contributed by atoms with van der Waals surface area (Å²) in [7, 11) is 4.38. The fourth-order valence-corrected chi connectivity index (χ4v) is 3.76. The zero-order valence-electron chi connectivity index (χ0n) is 14.6. The van der Waals surface area contributed by atoms with Crippen LogP contribution in [-0.2, 0) is 0 Å². The van der Waals surface area contributed by atoms with Gasteiger partial charge in [0.2, 0.25) is 11.8 Å². The molecule has 0 aliphatic carbocycles. The Kier molecular flexibility index (Phi) is 3.77. The monoisotopic (exact) mass is 328 g/mol. The van der Waals surface area contributed by atoms with Crippen LogP contribution in [0.1, 0.15) is 25.0 Å². The number of nitrogens with two attached hydrogens (primary N) is 1. The van der Waals surface area contributed by atoms with Crippen molar-refractivity contribution in [3.8, 4) is 0 Å². The van der Waals surface area contributed by atoms with Crippen molar-refractivity contribution in [1.82, 2.24) is 14.9 Å². The van der Waals surface area contributed by atoms with Crippen molar-refractivity contribution in [3.05, 3.63) is 18.0 Å². The molecule has 2 saturated heterocycles. The Hall–Kier alpha value is -1.99. The first kappa shape index (κ1) is 15.5. The van der Waals surface area contributed by atoms with Gasteiger partial charge < -0.3 is 15.5 Å². The highest BCUT2D eigenvalue weighted by atomic mass is 15.4. The molecule has 7 heteroatoms. The molecule has 1 aromatic heterocycles. The molecule has 1 unspecified atom stereocenters. The van der Waals surface area contributed by atoms with Gasteiger partial charge in [-0.1, -0.05) is 0 Å². The summed E-state index contributed by atoms with van der Waals surface area (Å²) in [6.07, 6.45) is 5.77. The fraction of sp³-hybridized carbons (Fsp3) is 0.588. The van der Waals surface area contributed by atoms with Crippen molar-refractivity contribution in [2.24, 2.45) is 4.99 Å². The fourth-order valence-electron chi connectivity index (χ4n) is 3.76. The van der Waals surface area contributed by atoms with E-state index in [1.165, 1.54) is 18.7 Å². The average Bonchev–Trinajstić information content (AvgIpc) is 2.92. The molecule has 0 amide bonds. The summed E-state index contributed by atoms with van der Waals surface area (Å²) in [6, 6.07) is 2.04. The number of fused-ring (bicyclic) bond motifs is 1. The molecule has 1 aromatic rings. The van der Waals surface area contributed by atoms with Crippen LogP contribution in [0.15, 0.2) is 17.3 Å². The maximum absolute atomic E-state index is 6.00. The molecule has 3 aliphatic heterocycles. The van der Waals surface area contributed by atoms with Crippen LogP contribution < -0.4 is 10.6 Å². The third-order valence-corrected chi connectivity index (χ3v) is 5.34. The molecule has 7 nitrogen and oxygen atoms in total. The minimum absolute atomic E-state index is 0.329. The first-order valence-electron chi connectivity index (χ1n) is 8.78. The van der Waals surface area contributed by atoms with Crippen molar-refractivity contribution in [2.45, 2.75) is 19.3 Å². The van der Waals surface area contributed by atoms with E-state index in [0.717, 1.165) is 60.8 Å². The molecule has 3 aliphatic rings. The van der Waals surface area contributed by atoms with Gasteiger partial charge in [-0.2, -0.15) is 9.98 Å². The van der Waals surface area contributed by atoms with Crippen LogP contribution in [0.2, 0.25) is 0 Å². The Morgan fingerprint density at radius 1 is 1.12 bits per heavy atom. The average molecular weight is 328 g/mol. The number of hydrogen-bond acceptors (Lipinski definition) is 6. The predicted molar refractivity (Wildman–Crippen MR) is 96.5 cm³/mol. The van der Waals surface area contributed by atoms with Gasteiger partial charge in [0.15, 0.2) is 0 Å². The highest BCUT2D eigenvalue weighted by Crippen LogP contribution is 2.32. The number of aliphatic imine (C=N–C) groups is 1. The summed E-state index contributed by atoms with van der Waals surface area (Å²) < 4.78 is 0.823. The van der Waals surface area contributed by atoms with Gasteiger partial charge in [0, 0.05) is 38.7 Å². The molecule has 0 bridgehead atoms. The second kappa shape index (κ2) is 5.82. The van der Waals surface area contributed by atoms with E-state index in [1.54, 1.807) is 0 Å². The van der Waals surface area contributed by atoms with Crippen molar-refractivity contribution in [3.63, 3.8) is 0 Å². The minimum atomic E-state index is 0.329. The van der Waals surface area contributed by atoms with Gasteiger partial charge in [0.05, 0.1) is 13.6 Å². The molecular formula is C17H26N7+. The molecule has 0 spiro atoms. The number of piperazine rings is 1. The molecule has 0 aromatic carbocycles. The molecule has 4 rings (SSSR count). The van der Waals surface area contributed by atoms with E-state index in [2.05, 4.69) is 40.1 Å². The lowest BCUT2D eigenvalue weighted by Gasteiger charge is -2.33. The summed E-state index contributed by atoms with van der Waals surface area (Å²) in [4.78, 5) is 18.4. The summed E-state index contributed by atoms with van der Waals surface area (Å²) in [6.45, 7) is 5.13. The zero-order valence-corrected chi connectivity index (χ0v) is 14.6. The summed E-state index contributed by atoms with van der Waals surface area (Å²) in [5.74, 6) is 2.49. The van der Waals surface area contributed by atoms with E-state index >= 15 is 0 Å². The van der Waals surface area contributed by atoms with Crippen molar-refractivity contribution >= 4 is 23.3 Å². The normalized spacial score (nSPS) is 27.7. The first-order chi connectivity index (χ1) is 11.5. The van der Waals surface area contributed by atoms with Crippen molar-refractivity contribution < 1.29 is 4.48 Å². The van der Waals surface area contributed by atoms with E-state index < -0.39 is 0 Å². The number of quaternary nitrogens is 1. The molecule has 0 saturated carbocycles. The predicted octanol–water partition coefficient (Wildman–Crippen LogP) is 1.15. The molecule has 4 heterocycles. The van der Waals surface area contributed by atoms with Crippen LogP contribution >= 0.6 is 0 Å². The number of piperidine rings is 1. The van der Waals surface area contributed by atoms with E-state index in [4.69, 9.17) is 10.7 Å². The van der Waals surface area contributed by atoms with Crippen molar-refractivity contribution in [1.29, 1.82) is 0 Å². The Morgan fingerprint density at radius 2 is 1.92 bits per heavy atom. The molecule has 0 radical (unpaired) electrons. The van der Waals surface area contributed by atoms with Gasteiger partial charge in [-0.15, -0.1) is 0 Å².